The van der Waals surface area contributed by atoms with Crippen LogP contribution >= 0.6 is 0 Å². The van der Waals surface area contributed by atoms with Crippen molar-refractivity contribution in [3.63, 3.8) is 0 Å². The van der Waals surface area contributed by atoms with Crippen molar-refractivity contribution in [1.29, 1.82) is 5.26 Å². The number of nitriles is 1. The first-order chi connectivity index (χ1) is 10.9. The third-order valence-electron chi connectivity index (χ3n) is 4.20. The summed E-state index contributed by atoms with van der Waals surface area (Å²) in [5.74, 6) is -1.01. The van der Waals surface area contributed by atoms with Gasteiger partial charge in [-0.05, 0) is 24.6 Å². The van der Waals surface area contributed by atoms with Crippen LogP contribution in [0.1, 0.15) is 25.3 Å². The van der Waals surface area contributed by atoms with E-state index in [1.165, 1.54) is 14.0 Å². The van der Waals surface area contributed by atoms with E-state index < -0.39 is 32.4 Å². The van der Waals surface area contributed by atoms with Gasteiger partial charge in [0.1, 0.15) is 11.0 Å². The fraction of sp³-hybridized carbons (Fsp3) is 0.500. The molecule has 3 atom stereocenters. The molecule has 0 aliphatic heterocycles. The average molecular weight is 337 g/mol. The van der Waals surface area contributed by atoms with Gasteiger partial charge >= 0.3 is 5.97 Å². The summed E-state index contributed by atoms with van der Waals surface area (Å²) in [6, 6.07) is 8.64. The van der Waals surface area contributed by atoms with Crippen LogP contribution in [0.2, 0.25) is 0 Å². The lowest BCUT2D eigenvalue weighted by Crippen LogP contribution is -2.26. The van der Waals surface area contributed by atoms with Gasteiger partial charge in [0.25, 0.3) is 0 Å². The third-order valence-corrected chi connectivity index (χ3v) is 6.42. The summed E-state index contributed by atoms with van der Waals surface area (Å²) >= 11 is 0. The molecule has 0 unspecified atom stereocenters. The van der Waals surface area contributed by atoms with Crippen molar-refractivity contribution in [2.24, 2.45) is 5.41 Å². The summed E-state index contributed by atoms with van der Waals surface area (Å²) in [6.07, 6.45) is 0. The molecule has 23 heavy (non-hydrogen) atoms. The molecule has 0 heterocycles. The van der Waals surface area contributed by atoms with Gasteiger partial charge in [-0.15, -0.1) is 0 Å². The minimum atomic E-state index is -3.58. The smallest absolute Gasteiger partial charge is 0.328 e. The van der Waals surface area contributed by atoms with Gasteiger partial charge in [-0.1, -0.05) is 19.1 Å². The highest BCUT2D eigenvalue weighted by atomic mass is 32.2. The molecule has 1 aliphatic rings. The lowest BCUT2D eigenvalue weighted by Gasteiger charge is -2.08. The van der Waals surface area contributed by atoms with E-state index in [1.807, 2.05) is 6.07 Å². The molecule has 1 aromatic carbocycles. The number of hydrogen-bond donors (Lipinski definition) is 0. The molecule has 0 saturated heterocycles. The zero-order valence-corrected chi connectivity index (χ0v) is 14.1. The van der Waals surface area contributed by atoms with Crippen LogP contribution in [-0.2, 0) is 19.4 Å². The van der Waals surface area contributed by atoms with Crippen LogP contribution in [0.5, 0.6) is 5.75 Å². The van der Waals surface area contributed by atoms with E-state index in [0.29, 0.717) is 11.3 Å². The molecular formula is C16H19NO5S. The van der Waals surface area contributed by atoms with E-state index in [0.717, 1.165) is 0 Å². The van der Waals surface area contributed by atoms with Crippen LogP contribution in [0.3, 0.4) is 0 Å². The molecule has 2 rings (SSSR count). The number of nitrogens with zero attached hydrogens (tertiary/aromatic N) is 1. The molecular weight excluding hydrogens is 318 g/mol. The first-order valence-electron chi connectivity index (χ1n) is 7.33. The van der Waals surface area contributed by atoms with Gasteiger partial charge in [0.15, 0.2) is 15.3 Å². The molecule has 6 nitrogen and oxygen atoms in total. The molecule has 1 aromatic rings. The Kier molecular flexibility index (Phi) is 4.66. The Labute approximate surface area is 135 Å². The highest BCUT2D eigenvalue weighted by Crippen LogP contribution is 2.63. The lowest BCUT2D eigenvalue weighted by atomic mass is 10.0. The van der Waals surface area contributed by atoms with Gasteiger partial charge in [-0.3, -0.25) is 4.79 Å². The molecule has 7 heteroatoms. The van der Waals surface area contributed by atoms with Crippen LogP contribution in [0.4, 0.5) is 0 Å². The first kappa shape index (κ1) is 17.3. The highest BCUT2D eigenvalue weighted by molar-refractivity contribution is 7.92. The summed E-state index contributed by atoms with van der Waals surface area (Å²) in [5, 5.41) is 8.50. The highest BCUT2D eigenvalue weighted by Gasteiger charge is 2.77. The minimum Gasteiger partial charge on any atom is -0.497 e. The molecule has 0 radical (unpaired) electrons. The summed E-state index contributed by atoms with van der Waals surface area (Å²) < 4.78 is 34.8. The molecule has 0 N–H and O–H groups in total. The number of benzene rings is 1. The van der Waals surface area contributed by atoms with Crippen LogP contribution < -0.4 is 4.74 Å². The molecule has 0 aromatic heterocycles. The fourth-order valence-corrected chi connectivity index (χ4v) is 4.88. The zero-order chi connectivity index (χ0) is 17.3. The number of carbonyl (C=O) groups is 1. The van der Waals surface area contributed by atoms with E-state index in [-0.39, 0.29) is 12.4 Å². The van der Waals surface area contributed by atoms with Crippen LogP contribution in [-0.4, -0.2) is 39.1 Å². The van der Waals surface area contributed by atoms with E-state index in [9.17, 15) is 18.5 Å². The predicted octanol–water partition coefficient (Wildman–Crippen LogP) is 1.67. The maximum atomic E-state index is 12.4. The number of carbonyl (C=O) groups excluding carboxylic acids is 1. The SMILES string of the molecule is CCOC(=O)[C@@]1(C#N)[C@H](S(=O)(=O)CC)[C@@H]1c1ccc(OC)cc1. The van der Waals surface area contributed by atoms with Gasteiger partial charge < -0.3 is 9.47 Å². The third kappa shape index (κ3) is 2.68. The lowest BCUT2D eigenvalue weighted by molar-refractivity contribution is -0.147. The number of esters is 1. The van der Waals surface area contributed by atoms with Crippen LogP contribution in [0.15, 0.2) is 24.3 Å². The molecule has 1 fully saturated rings. The Morgan fingerprint density at radius 3 is 2.35 bits per heavy atom. The summed E-state index contributed by atoms with van der Waals surface area (Å²) in [6.45, 7) is 3.22. The maximum Gasteiger partial charge on any atom is 0.328 e. The molecule has 0 bridgehead atoms. The topological polar surface area (TPSA) is 93.5 Å². The Balaban J connectivity index is 2.50. The molecule has 1 saturated carbocycles. The second-order valence-corrected chi connectivity index (χ2v) is 7.74. The second-order valence-electron chi connectivity index (χ2n) is 5.32. The van der Waals surface area contributed by atoms with Crippen LogP contribution in [0.25, 0.3) is 0 Å². The predicted molar refractivity (Wildman–Crippen MR) is 83.7 cm³/mol. The maximum absolute atomic E-state index is 12.4. The van der Waals surface area contributed by atoms with Crippen molar-refractivity contribution < 1.29 is 22.7 Å². The van der Waals surface area contributed by atoms with Crippen molar-refractivity contribution in [2.45, 2.75) is 25.0 Å². The van der Waals surface area contributed by atoms with Gasteiger partial charge in [0.2, 0.25) is 0 Å². The van der Waals surface area contributed by atoms with Gasteiger partial charge in [-0.25, -0.2) is 8.42 Å². The van der Waals surface area contributed by atoms with Crippen molar-refractivity contribution >= 4 is 15.8 Å². The van der Waals surface area contributed by atoms with Crippen molar-refractivity contribution in [3.05, 3.63) is 29.8 Å². The Morgan fingerprint density at radius 1 is 1.30 bits per heavy atom. The second kappa shape index (κ2) is 6.20. The van der Waals surface area contributed by atoms with E-state index in [1.54, 1.807) is 31.2 Å². The number of sulfone groups is 1. The Morgan fingerprint density at radius 2 is 1.91 bits per heavy atom. The standard InChI is InChI=1S/C16H19NO5S/c1-4-22-15(18)16(10-17)13(14(16)23(19,20)5-2)11-6-8-12(21-3)9-7-11/h6-9,13-14H,4-5H2,1-3H3/t13-,14+,16+/m0/s1. The molecule has 0 amide bonds. The van der Waals surface area contributed by atoms with Crippen molar-refractivity contribution in [2.75, 3.05) is 19.5 Å². The number of ether oxygens (including phenoxy) is 2. The summed E-state index contributed by atoms with van der Waals surface area (Å²) in [4.78, 5) is 12.3. The zero-order valence-electron chi connectivity index (χ0n) is 13.3. The van der Waals surface area contributed by atoms with E-state index in [4.69, 9.17) is 9.47 Å². The summed E-state index contributed by atoms with van der Waals surface area (Å²) in [5.41, 5.74) is -1.05. The monoisotopic (exact) mass is 337 g/mol. The number of methoxy groups -OCH3 is 1. The van der Waals surface area contributed by atoms with E-state index >= 15 is 0 Å². The largest absolute Gasteiger partial charge is 0.497 e. The Hall–Kier alpha value is -2.07. The molecule has 1 aliphatic carbocycles. The van der Waals surface area contributed by atoms with Gasteiger partial charge in [0.05, 0.1) is 19.8 Å². The number of hydrogen-bond acceptors (Lipinski definition) is 6. The summed E-state index contributed by atoms with van der Waals surface area (Å²) in [7, 11) is -2.05. The van der Waals surface area contributed by atoms with Gasteiger partial charge in [0, 0.05) is 11.7 Å². The molecule has 0 spiro atoms. The first-order valence-corrected chi connectivity index (χ1v) is 9.04. The minimum absolute atomic E-state index is 0.0937. The fourth-order valence-electron chi connectivity index (χ4n) is 2.95. The van der Waals surface area contributed by atoms with E-state index in [2.05, 4.69) is 0 Å². The van der Waals surface area contributed by atoms with Crippen LogP contribution in [0, 0.1) is 16.7 Å². The van der Waals surface area contributed by atoms with Gasteiger partial charge in [-0.2, -0.15) is 5.26 Å². The molecule has 124 valence electrons. The van der Waals surface area contributed by atoms with Crippen molar-refractivity contribution in [3.8, 4) is 11.8 Å². The van der Waals surface area contributed by atoms with Crippen molar-refractivity contribution in [1.82, 2.24) is 0 Å². The average Bonchev–Trinajstić information content (AvgIpc) is 3.26. The number of rotatable bonds is 6. The normalized spacial score (nSPS) is 26.2. The Bertz CT molecular complexity index is 735. The quantitative estimate of drug-likeness (QED) is 0.733.